The summed E-state index contributed by atoms with van der Waals surface area (Å²) in [5.41, 5.74) is 8.51. The number of carbonyl (C=O) groups is 1. The normalized spacial score (nSPS) is 12.5. The van der Waals surface area contributed by atoms with Crippen molar-refractivity contribution >= 4 is 116 Å². The van der Waals surface area contributed by atoms with Crippen LogP contribution in [0.4, 0.5) is 5.69 Å². The zero-order chi connectivity index (χ0) is 57.4. The summed E-state index contributed by atoms with van der Waals surface area (Å²) in [7, 11) is 0. The maximum absolute atomic E-state index is 11.0. The van der Waals surface area contributed by atoms with Crippen molar-refractivity contribution in [1.82, 2.24) is 50.5 Å². The average Bonchev–Trinajstić information content (AvgIpc) is 3.40. The van der Waals surface area contributed by atoms with Crippen LogP contribution < -0.4 is 38.6 Å². The number of amides is 1. The van der Waals surface area contributed by atoms with E-state index >= 15 is 0 Å². The van der Waals surface area contributed by atoms with Crippen LogP contribution in [-0.4, -0.2) is 74.6 Å². The van der Waals surface area contributed by atoms with Crippen LogP contribution in [0.3, 0.4) is 0 Å². The first-order valence-corrected chi connectivity index (χ1v) is 27.9. The van der Waals surface area contributed by atoms with Gasteiger partial charge in [-0.1, -0.05) is 142 Å². The summed E-state index contributed by atoms with van der Waals surface area (Å²) in [5.74, 6) is 2.04. The van der Waals surface area contributed by atoms with Gasteiger partial charge < -0.3 is 36.3 Å². The number of hydrogen-bond acceptors (Lipinski definition) is 15. The lowest BCUT2D eigenvalue weighted by Gasteiger charge is -2.12. The number of nitrogen functional groups attached to an aromatic ring is 1. The highest BCUT2D eigenvalue weighted by molar-refractivity contribution is 7.98. The number of amidine groups is 1. The minimum atomic E-state index is -0.263. The molecule has 6 heterocycles. The fourth-order valence-corrected chi connectivity index (χ4v) is 7.96. The largest absolute Gasteiger partial charge is 0.399 e. The molecule has 2 aliphatic rings. The van der Waals surface area contributed by atoms with Crippen molar-refractivity contribution < 1.29 is 4.79 Å². The maximum Gasteiger partial charge on any atom is 0.251 e. The summed E-state index contributed by atoms with van der Waals surface area (Å²) in [4.78, 5) is 84.7. The third kappa shape index (κ3) is 28.4. The van der Waals surface area contributed by atoms with Crippen molar-refractivity contribution in [3.63, 3.8) is 0 Å². The number of aromatic amines is 4. The summed E-state index contributed by atoms with van der Waals surface area (Å²) in [6.07, 6.45) is 19.1. The van der Waals surface area contributed by atoms with Crippen LogP contribution in [0.15, 0.2) is 205 Å². The number of thioether (sulfide) groups is 2. The number of rotatable bonds is 8. The van der Waals surface area contributed by atoms with Crippen molar-refractivity contribution in [3.05, 3.63) is 260 Å². The van der Waals surface area contributed by atoms with E-state index in [4.69, 9.17) is 76.0 Å². The Labute approximate surface area is 493 Å². The summed E-state index contributed by atoms with van der Waals surface area (Å²) in [6.45, 7) is 0. The van der Waals surface area contributed by atoms with E-state index < -0.39 is 0 Å². The van der Waals surface area contributed by atoms with Gasteiger partial charge in [-0.05, 0) is 96.0 Å². The zero-order valence-corrected chi connectivity index (χ0v) is 48.3. The highest BCUT2D eigenvalue weighted by atomic mass is 35.5. The van der Waals surface area contributed by atoms with E-state index in [9.17, 15) is 24.0 Å². The number of benzene rings is 4. The van der Waals surface area contributed by atoms with E-state index in [1.54, 1.807) is 30.4 Å². The van der Waals surface area contributed by atoms with Gasteiger partial charge in [0.05, 0.1) is 4.99 Å². The first-order chi connectivity index (χ1) is 37.9. The third-order valence-corrected chi connectivity index (χ3v) is 12.0. The number of nitrogens with two attached hydrogens (primary N) is 1. The summed E-state index contributed by atoms with van der Waals surface area (Å²) < 4.78 is 0. The SMILES string of the molecule is CSc1nccc(=O)[nH]1.CSc1nccc(=O)[nH]1.Clc1cccc(CC2=NC(Cl)C=CN2)c1.Nc1cccc(Cl)c1.O=C1C=CCC(=S)N1.O=c1ccnc(Cc2cccc(Cl)c2)[nH]1.O=c1ccnc(Cc2cccc(Cl)c2)[nH]1. The van der Waals surface area contributed by atoms with Gasteiger partial charge in [0.1, 0.15) is 23.0 Å². The quantitative estimate of drug-likeness (QED) is 0.0186. The van der Waals surface area contributed by atoms with E-state index in [0.29, 0.717) is 73.4 Å². The summed E-state index contributed by atoms with van der Waals surface area (Å²) in [5, 5.41) is 9.65. The number of thiocarbonyl (C=S) groups is 1. The molecule has 8 N–H and O–H groups in total. The molecule has 8 aromatic rings. The Morgan fingerprint density at radius 1 is 0.570 bits per heavy atom. The molecule has 1 unspecified atom stereocenters. The minimum Gasteiger partial charge on any atom is -0.399 e. The predicted octanol–water partition coefficient (Wildman–Crippen LogP) is 10.3. The van der Waals surface area contributed by atoms with Crippen LogP contribution in [-0.2, 0) is 24.1 Å². The van der Waals surface area contributed by atoms with E-state index in [2.05, 4.69) is 55.5 Å². The molecule has 17 nitrogen and oxygen atoms in total. The van der Waals surface area contributed by atoms with Crippen molar-refractivity contribution in [2.75, 3.05) is 18.2 Å². The molecule has 0 spiro atoms. The molecule has 4 aromatic carbocycles. The Morgan fingerprint density at radius 3 is 1.32 bits per heavy atom. The summed E-state index contributed by atoms with van der Waals surface area (Å²) >= 11 is 36.6. The van der Waals surface area contributed by atoms with Gasteiger partial charge in [0.2, 0.25) is 5.91 Å². The van der Waals surface area contributed by atoms with Gasteiger partial charge in [-0.25, -0.2) is 24.9 Å². The molecule has 0 fully saturated rings. The zero-order valence-electron chi connectivity index (χ0n) is 42.0. The molecular weight excluding hydrogens is 1170 g/mol. The number of halogens is 5. The van der Waals surface area contributed by atoms with E-state index in [1.807, 2.05) is 97.6 Å². The van der Waals surface area contributed by atoms with Gasteiger partial charge >= 0.3 is 0 Å². The monoisotopic (exact) mass is 1220 g/mol. The number of hydrogen-bond donors (Lipinski definition) is 7. The van der Waals surface area contributed by atoms with Crippen LogP contribution in [0.5, 0.6) is 0 Å². The lowest BCUT2D eigenvalue weighted by atomic mass is 10.1. The maximum atomic E-state index is 11.0. The van der Waals surface area contributed by atoms with Crippen LogP contribution in [0, 0.1) is 0 Å². The molecule has 410 valence electrons. The molecule has 4 aromatic heterocycles. The highest BCUT2D eigenvalue weighted by Crippen LogP contribution is 2.15. The van der Waals surface area contributed by atoms with Crippen molar-refractivity contribution in [1.29, 1.82) is 0 Å². The summed E-state index contributed by atoms with van der Waals surface area (Å²) in [6, 6.07) is 35.4. The van der Waals surface area contributed by atoms with Crippen LogP contribution in [0.1, 0.15) is 34.8 Å². The van der Waals surface area contributed by atoms with Gasteiger partial charge in [0.25, 0.3) is 22.2 Å². The third-order valence-electron chi connectivity index (χ3n) is 9.38. The fourth-order valence-electron chi connectivity index (χ4n) is 5.99. The number of aromatic nitrogens is 8. The predicted molar refractivity (Wildman–Crippen MR) is 326 cm³/mol. The molecule has 10 rings (SSSR count). The van der Waals surface area contributed by atoms with Gasteiger partial charge in [-0.3, -0.25) is 24.0 Å². The van der Waals surface area contributed by atoms with E-state index in [1.165, 1.54) is 78.7 Å². The number of H-pyrrole nitrogens is 4. The van der Waals surface area contributed by atoms with Crippen LogP contribution >= 0.6 is 93.7 Å². The molecule has 0 radical (unpaired) electrons. The van der Waals surface area contributed by atoms with Crippen LogP contribution in [0.2, 0.25) is 20.1 Å². The van der Waals surface area contributed by atoms with Gasteiger partial charge in [0, 0.05) is 107 Å². The number of aliphatic imine (C=N–C) groups is 1. The molecule has 0 bridgehead atoms. The molecular formula is C54H51Cl5N12O5S3. The first-order valence-electron chi connectivity index (χ1n) is 23.1. The first kappa shape index (κ1) is 64.4. The standard InChI is InChI=1S/C11H10Cl2N2.2C11H9ClN2O.C6H6ClN.2C5H6N2OS.C5H5NOS/c12-9-3-1-2-8(6-9)7-11-14-5-4-10(13)15-11;2*12-9-3-1-2-8(6-9)7-10-13-5-4-11(15)14-10;7-5-2-1-3-6(8)4-5;2*1-9-5-6-3-2-4(8)7-5;7-4-2-1-3-5(8)6-4/h1-6,10H,7H2,(H,14,15);2*1-6H,7H2,(H,13,14,15);1-4H,8H2;2*2-3H,1H3,(H,6,7,8);1-2H,3H2,(H,6,7,8). The second kappa shape index (κ2) is 36.1. The molecule has 0 saturated carbocycles. The lowest BCUT2D eigenvalue weighted by Crippen LogP contribution is -2.29. The molecule has 1 atom stereocenters. The number of anilines is 1. The Balaban J connectivity index is 0.000000202. The topological polar surface area (TPSA) is 263 Å². The number of nitrogens with one attached hydrogen (secondary N) is 6. The van der Waals surface area contributed by atoms with E-state index in [-0.39, 0.29) is 33.6 Å². The Bertz CT molecular complexity index is 3390. The van der Waals surface area contributed by atoms with Crippen molar-refractivity contribution in [3.8, 4) is 0 Å². The number of nitrogens with zero attached hydrogens (tertiary/aromatic N) is 5. The van der Waals surface area contributed by atoms with Gasteiger partial charge in [0.15, 0.2) is 10.3 Å². The number of alkyl halides is 1. The van der Waals surface area contributed by atoms with Gasteiger partial charge in [-0.15, -0.1) is 0 Å². The molecule has 0 aliphatic carbocycles. The molecule has 2 aliphatic heterocycles. The Kier molecular flexibility index (Phi) is 29.4. The molecule has 79 heavy (non-hydrogen) atoms. The Morgan fingerprint density at radius 2 is 0.987 bits per heavy atom. The molecule has 0 saturated heterocycles. The highest BCUT2D eigenvalue weighted by Gasteiger charge is 2.08. The van der Waals surface area contributed by atoms with Gasteiger partial charge in [-0.2, -0.15) is 0 Å². The lowest BCUT2D eigenvalue weighted by molar-refractivity contribution is -0.115. The molecule has 1 amide bonds. The van der Waals surface area contributed by atoms with Crippen LogP contribution in [0.25, 0.3) is 0 Å². The number of carbonyl (C=O) groups excluding carboxylic acids is 1. The molecule has 25 heteroatoms. The van der Waals surface area contributed by atoms with E-state index in [0.717, 1.165) is 27.5 Å². The van der Waals surface area contributed by atoms with Crippen molar-refractivity contribution in [2.24, 2.45) is 4.99 Å². The smallest absolute Gasteiger partial charge is 0.251 e. The minimum absolute atomic E-state index is 0.102. The fraction of sp³-hybridized carbons (Fsp3) is 0.130. The van der Waals surface area contributed by atoms with Crippen molar-refractivity contribution in [2.45, 2.75) is 41.5 Å². The second-order valence-corrected chi connectivity index (χ2v) is 19.9. The average molecular weight is 1220 g/mol. The Hall–Kier alpha value is -7.14. The second-order valence-electron chi connectivity index (χ2n) is 15.6.